The first-order valence-electron chi connectivity index (χ1n) is 9.11. The summed E-state index contributed by atoms with van der Waals surface area (Å²) < 4.78 is 16.8. The summed E-state index contributed by atoms with van der Waals surface area (Å²) in [6, 6.07) is 12.0. The zero-order valence-corrected chi connectivity index (χ0v) is 16.5. The van der Waals surface area contributed by atoms with Crippen LogP contribution in [0.2, 0.25) is 0 Å². The van der Waals surface area contributed by atoms with Crippen molar-refractivity contribution in [2.75, 3.05) is 14.2 Å². The molecule has 0 N–H and O–H groups in total. The molecule has 0 bridgehead atoms. The molecular formula is C22H20N2O6. The lowest BCUT2D eigenvalue weighted by molar-refractivity contribution is -0.135. The SMILES string of the molecule is COC(=O)/C=C/c1ccc(OC(=O)CCn2ncc(=O)c3ccccc32)c(OC)c1. The van der Waals surface area contributed by atoms with Crippen LogP contribution < -0.4 is 14.9 Å². The molecule has 0 aliphatic rings. The highest BCUT2D eigenvalue weighted by molar-refractivity contribution is 5.87. The number of hydrogen-bond donors (Lipinski definition) is 0. The van der Waals surface area contributed by atoms with Gasteiger partial charge in [0.1, 0.15) is 0 Å². The van der Waals surface area contributed by atoms with Gasteiger partial charge in [-0.3, -0.25) is 14.3 Å². The maximum atomic E-state index is 12.3. The van der Waals surface area contributed by atoms with Crippen molar-refractivity contribution < 1.29 is 23.8 Å². The number of carbonyl (C=O) groups is 2. The molecule has 0 aliphatic carbocycles. The molecule has 1 heterocycles. The van der Waals surface area contributed by atoms with Gasteiger partial charge in [0, 0.05) is 11.5 Å². The van der Waals surface area contributed by atoms with Crippen LogP contribution in [0.5, 0.6) is 11.5 Å². The molecule has 3 rings (SSSR count). The molecule has 0 atom stereocenters. The zero-order chi connectivity index (χ0) is 21.5. The number of hydrogen-bond acceptors (Lipinski definition) is 7. The molecular weight excluding hydrogens is 388 g/mol. The summed E-state index contributed by atoms with van der Waals surface area (Å²) in [6.07, 6.45) is 4.12. The first-order chi connectivity index (χ1) is 14.5. The number of aryl methyl sites for hydroxylation is 1. The number of para-hydroxylation sites is 1. The van der Waals surface area contributed by atoms with Crippen LogP contribution in [0.3, 0.4) is 0 Å². The molecule has 0 saturated heterocycles. The van der Waals surface area contributed by atoms with Crippen LogP contribution >= 0.6 is 0 Å². The van der Waals surface area contributed by atoms with E-state index in [1.807, 2.05) is 0 Å². The average molecular weight is 408 g/mol. The Kier molecular flexibility index (Phi) is 6.59. The van der Waals surface area contributed by atoms with Gasteiger partial charge in [-0.25, -0.2) is 4.79 Å². The predicted molar refractivity (Wildman–Crippen MR) is 110 cm³/mol. The van der Waals surface area contributed by atoms with Gasteiger partial charge >= 0.3 is 11.9 Å². The van der Waals surface area contributed by atoms with Crippen molar-refractivity contribution in [2.24, 2.45) is 0 Å². The molecule has 0 spiro atoms. The first kappa shape index (κ1) is 20.8. The van der Waals surface area contributed by atoms with Crippen molar-refractivity contribution in [3.05, 3.63) is 70.5 Å². The number of esters is 2. The Morgan fingerprint density at radius 1 is 1.10 bits per heavy atom. The maximum absolute atomic E-state index is 12.3. The fraction of sp³-hybridized carbons (Fsp3) is 0.182. The number of methoxy groups -OCH3 is 2. The lowest BCUT2D eigenvalue weighted by Crippen LogP contribution is -2.16. The highest BCUT2D eigenvalue weighted by Crippen LogP contribution is 2.29. The van der Waals surface area contributed by atoms with E-state index < -0.39 is 11.9 Å². The first-order valence-corrected chi connectivity index (χ1v) is 9.11. The fourth-order valence-corrected chi connectivity index (χ4v) is 2.81. The Morgan fingerprint density at radius 2 is 1.90 bits per heavy atom. The molecule has 2 aromatic carbocycles. The van der Waals surface area contributed by atoms with E-state index in [9.17, 15) is 14.4 Å². The summed E-state index contributed by atoms with van der Waals surface area (Å²) >= 11 is 0. The average Bonchev–Trinajstić information content (AvgIpc) is 2.77. The quantitative estimate of drug-likeness (QED) is 0.337. The van der Waals surface area contributed by atoms with Gasteiger partial charge in [0.05, 0.1) is 38.9 Å². The Hall–Kier alpha value is -3.94. The van der Waals surface area contributed by atoms with Crippen molar-refractivity contribution in [1.82, 2.24) is 9.78 Å². The minimum Gasteiger partial charge on any atom is -0.493 e. The molecule has 0 aliphatic heterocycles. The van der Waals surface area contributed by atoms with E-state index in [2.05, 4.69) is 9.84 Å². The van der Waals surface area contributed by atoms with E-state index in [-0.39, 0.29) is 24.1 Å². The summed E-state index contributed by atoms with van der Waals surface area (Å²) in [7, 11) is 2.75. The van der Waals surface area contributed by atoms with E-state index in [4.69, 9.17) is 9.47 Å². The van der Waals surface area contributed by atoms with E-state index in [1.165, 1.54) is 26.5 Å². The molecule has 8 nitrogen and oxygen atoms in total. The third kappa shape index (κ3) is 4.91. The van der Waals surface area contributed by atoms with E-state index in [0.717, 1.165) is 0 Å². The van der Waals surface area contributed by atoms with Crippen molar-refractivity contribution in [2.45, 2.75) is 13.0 Å². The minimum atomic E-state index is -0.479. The number of benzene rings is 2. The number of rotatable bonds is 7. The monoisotopic (exact) mass is 408 g/mol. The van der Waals surface area contributed by atoms with Crippen LogP contribution in [-0.4, -0.2) is 35.9 Å². The third-order valence-electron chi connectivity index (χ3n) is 4.31. The van der Waals surface area contributed by atoms with E-state index in [1.54, 1.807) is 53.2 Å². The highest BCUT2D eigenvalue weighted by Gasteiger charge is 2.12. The number of ether oxygens (including phenoxy) is 3. The lowest BCUT2D eigenvalue weighted by atomic mass is 10.2. The summed E-state index contributed by atoms with van der Waals surface area (Å²) in [6.45, 7) is 0.252. The van der Waals surface area contributed by atoms with Crippen LogP contribution in [0, 0.1) is 0 Å². The van der Waals surface area contributed by atoms with E-state index in [0.29, 0.717) is 22.2 Å². The van der Waals surface area contributed by atoms with Crippen molar-refractivity contribution in [3.63, 3.8) is 0 Å². The standard InChI is InChI=1S/C22H20N2O6/c1-28-20-13-15(8-10-21(26)29-2)7-9-19(20)30-22(27)11-12-24-17-6-4-3-5-16(17)18(25)14-23-24/h3-10,13-14H,11-12H2,1-2H3/b10-8+. The molecule has 1 aromatic heterocycles. The molecule has 154 valence electrons. The van der Waals surface area contributed by atoms with Gasteiger partial charge in [0.25, 0.3) is 0 Å². The largest absolute Gasteiger partial charge is 0.493 e. The Balaban J connectivity index is 1.69. The second kappa shape index (κ2) is 9.51. The van der Waals surface area contributed by atoms with Gasteiger partial charge in [-0.15, -0.1) is 0 Å². The van der Waals surface area contributed by atoms with Crippen LogP contribution in [0.15, 0.2) is 59.5 Å². The second-order valence-corrected chi connectivity index (χ2v) is 6.24. The second-order valence-electron chi connectivity index (χ2n) is 6.24. The third-order valence-corrected chi connectivity index (χ3v) is 4.31. The van der Waals surface area contributed by atoms with Gasteiger partial charge < -0.3 is 14.2 Å². The van der Waals surface area contributed by atoms with Crippen molar-refractivity contribution in [3.8, 4) is 11.5 Å². The Bertz CT molecular complexity index is 1170. The smallest absolute Gasteiger partial charge is 0.330 e. The Labute approximate surface area is 172 Å². The molecule has 8 heteroatoms. The normalized spacial score (nSPS) is 10.9. The molecule has 0 fully saturated rings. The fourth-order valence-electron chi connectivity index (χ4n) is 2.81. The lowest BCUT2D eigenvalue weighted by Gasteiger charge is -2.11. The minimum absolute atomic E-state index is 0.0486. The summed E-state index contributed by atoms with van der Waals surface area (Å²) in [5.41, 5.74) is 1.16. The van der Waals surface area contributed by atoms with Gasteiger partial charge in [-0.2, -0.15) is 5.10 Å². The van der Waals surface area contributed by atoms with Gasteiger partial charge in [0.15, 0.2) is 11.5 Å². The number of nitrogens with zero attached hydrogens (tertiary/aromatic N) is 2. The molecule has 0 saturated carbocycles. The zero-order valence-electron chi connectivity index (χ0n) is 16.5. The summed E-state index contributed by atoms with van der Waals surface area (Å²) in [5.74, 6) is -0.346. The Morgan fingerprint density at radius 3 is 2.67 bits per heavy atom. The highest BCUT2D eigenvalue weighted by atomic mass is 16.6. The predicted octanol–water partition coefficient (Wildman–Crippen LogP) is 2.59. The molecule has 0 unspecified atom stereocenters. The topological polar surface area (TPSA) is 96.7 Å². The van der Waals surface area contributed by atoms with Crippen LogP contribution in [0.25, 0.3) is 17.0 Å². The summed E-state index contributed by atoms with van der Waals surface area (Å²) in [4.78, 5) is 35.4. The molecule has 0 radical (unpaired) electrons. The molecule has 0 amide bonds. The van der Waals surface area contributed by atoms with Gasteiger partial charge in [-0.05, 0) is 35.9 Å². The maximum Gasteiger partial charge on any atom is 0.330 e. The van der Waals surface area contributed by atoms with Crippen molar-refractivity contribution >= 4 is 28.9 Å². The van der Waals surface area contributed by atoms with Crippen LogP contribution in [0.4, 0.5) is 0 Å². The van der Waals surface area contributed by atoms with Crippen molar-refractivity contribution in [1.29, 1.82) is 0 Å². The number of fused-ring (bicyclic) bond motifs is 1. The van der Waals surface area contributed by atoms with Crippen LogP contribution in [0.1, 0.15) is 12.0 Å². The number of carbonyl (C=O) groups excluding carboxylic acids is 2. The van der Waals surface area contributed by atoms with E-state index >= 15 is 0 Å². The van der Waals surface area contributed by atoms with Gasteiger partial charge in [-0.1, -0.05) is 18.2 Å². The summed E-state index contributed by atoms with van der Waals surface area (Å²) in [5, 5.41) is 4.64. The van der Waals surface area contributed by atoms with Gasteiger partial charge in [0.2, 0.25) is 5.43 Å². The number of aromatic nitrogens is 2. The molecule has 3 aromatic rings. The van der Waals surface area contributed by atoms with Crippen LogP contribution in [-0.2, 0) is 20.9 Å². The molecule has 30 heavy (non-hydrogen) atoms.